The normalized spacial score (nSPS) is 18.2. The molecule has 3 aromatic carbocycles. The van der Waals surface area contributed by atoms with E-state index in [0.29, 0.717) is 16.9 Å². The van der Waals surface area contributed by atoms with Crippen molar-refractivity contribution >= 4 is 35.2 Å². The summed E-state index contributed by atoms with van der Waals surface area (Å²) >= 11 is 0. The first-order valence-electron chi connectivity index (χ1n) is 15.0. The van der Waals surface area contributed by atoms with E-state index in [1.807, 2.05) is 81.4 Å². The fraction of sp³-hybridized carbons (Fsp3) is 0.382. The first-order chi connectivity index (χ1) is 21.0. The number of nitrogens with zero attached hydrogens (tertiary/aromatic N) is 2. The molecule has 1 saturated carbocycles. The summed E-state index contributed by atoms with van der Waals surface area (Å²) in [6, 6.07) is 22.5. The number of carbonyl (C=O) groups excluding carboxylic acids is 3. The monoisotopic (exact) mass is 599 g/mol. The Morgan fingerprint density at radius 2 is 1.57 bits per heavy atom. The number of alkyl carbamates (subject to hydrolysis) is 1. The Labute approximate surface area is 258 Å². The van der Waals surface area contributed by atoms with Crippen molar-refractivity contribution in [1.82, 2.24) is 10.2 Å². The Morgan fingerprint density at radius 3 is 2.25 bits per heavy atom. The molecule has 44 heavy (non-hydrogen) atoms. The highest BCUT2D eigenvalue weighted by Gasteiger charge is 2.40. The Hall–Kier alpha value is -4.57. The lowest BCUT2D eigenvalue weighted by atomic mass is 10.1. The topological polar surface area (TPSA) is 112 Å². The average Bonchev–Trinajstić information content (AvgIpc) is 3.75. The summed E-state index contributed by atoms with van der Waals surface area (Å²) in [6.45, 7) is 8.96. The zero-order valence-electron chi connectivity index (χ0n) is 25.8. The Balaban J connectivity index is 1.22. The van der Waals surface area contributed by atoms with E-state index in [1.165, 1.54) is 0 Å². The molecule has 3 amide bonds. The number of anilines is 3. The molecule has 0 spiro atoms. The number of benzene rings is 3. The largest absolute Gasteiger partial charge is 0.444 e. The molecule has 2 fully saturated rings. The van der Waals surface area contributed by atoms with Crippen molar-refractivity contribution in [2.45, 2.75) is 51.4 Å². The number of likely N-dealkylation sites (N-methyl/N-ethyl adjacent to an activating group) is 1. The second-order valence-electron chi connectivity index (χ2n) is 12.4. The molecule has 1 heterocycles. The van der Waals surface area contributed by atoms with Crippen molar-refractivity contribution < 1.29 is 23.9 Å². The third kappa shape index (κ3) is 8.50. The summed E-state index contributed by atoms with van der Waals surface area (Å²) in [5.74, 6) is -0.0277. The van der Waals surface area contributed by atoms with Crippen LogP contribution in [0.5, 0.6) is 0 Å². The second-order valence-corrected chi connectivity index (χ2v) is 12.4. The van der Waals surface area contributed by atoms with Crippen LogP contribution in [0.2, 0.25) is 0 Å². The Bertz CT molecular complexity index is 1460. The van der Waals surface area contributed by atoms with Crippen LogP contribution in [-0.4, -0.2) is 67.9 Å². The Morgan fingerprint density at radius 1 is 0.864 bits per heavy atom. The average molecular weight is 600 g/mol. The highest BCUT2D eigenvalue weighted by atomic mass is 16.6. The van der Waals surface area contributed by atoms with Gasteiger partial charge in [-0.2, -0.15) is 0 Å². The molecule has 232 valence electrons. The van der Waals surface area contributed by atoms with Gasteiger partial charge in [-0.25, -0.2) is 9.59 Å². The van der Waals surface area contributed by atoms with Gasteiger partial charge in [0.2, 0.25) is 0 Å². The molecule has 1 aliphatic carbocycles. The van der Waals surface area contributed by atoms with E-state index in [1.54, 1.807) is 12.1 Å². The van der Waals surface area contributed by atoms with Crippen LogP contribution in [0.3, 0.4) is 0 Å². The number of carbonyl (C=O) groups is 3. The first-order valence-corrected chi connectivity index (χ1v) is 15.0. The molecule has 1 aliphatic heterocycles. The van der Waals surface area contributed by atoms with Crippen molar-refractivity contribution in [3.8, 4) is 0 Å². The van der Waals surface area contributed by atoms with E-state index < -0.39 is 17.8 Å². The van der Waals surface area contributed by atoms with Gasteiger partial charge in [0.05, 0.1) is 11.4 Å². The molecule has 10 nitrogen and oxygen atoms in total. The van der Waals surface area contributed by atoms with Gasteiger partial charge in [0.25, 0.3) is 5.91 Å². The molecule has 2 aliphatic rings. The van der Waals surface area contributed by atoms with E-state index in [-0.39, 0.29) is 24.5 Å². The van der Waals surface area contributed by atoms with Crippen LogP contribution >= 0.6 is 0 Å². The minimum atomic E-state index is -0.555. The lowest BCUT2D eigenvalue weighted by Crippen LogP contribution is -2.44. The molecule has 0 radical (unpaired) electrons. The van der Waals surface area contributed by atoms with Crippen LogP contribution in [0.25, 0.3) is 0 Å². The molecule has 2 atom stereocenters. The number of hydrogen-bond donors (Lipinski definition) is 3. The summed E-state index contributed by atoms with van der Waals surface area (Å²) in [6.07, 6.45) is -0.115. The van der Waals surface area contributed by atoms with E-state index in [2.05, 4.69) is 32.8 Å². The molecule has 5 rings (SSSR count). The van der Waals surface area contributed by atoms with Gasteiger partial charge >= 0.3 is 12.2 Å². The maximum absolute atomic E-state index is 13.3. The fourth-order valence-corrected chi connectivity index (χ4v) is 5.16. The molecule has 3 N–H and O–H groups in total. The molecule has 0 aromatic heterocycles. The SMILES string of the molecule is CN1CCN(c2cc(C(=O)Nc3ccc(C4CC4NC(=O)OC(C)(C)C)cc3)ccc2NC(=O)OCc2ccccc2)CC1. The summed E-state index contributed by atoms with van der Waals surface area (Å²) in [5.41, 5.74) is 3.97. The smallest absolute Gasteiger partial charge is 0.412 e. The van der Waals surface area contributed by atoms with Gasteiger partial charge in [-0.05, 0) is 75.7 Å². The summed E-state index contributed by atoms with van der Waals surface area (Å²) in [7, 11) is 2.08. The number of nitrogens with one attached hydrogen (secondary N) is 3. The third-order valence-corrected chi connectivity index (χ3v) is 7.64. The summed E-state index contributed by atoms with van der Waals surface area (Å²) < 4.78 is 10.8. The molecule has 0 bridgehead atoms. The third-order valence-electron chi connectivity index (χ3n) is 7.64. The van der Waals surface area contributed by atoms with Gasteiger partial charge in [0, 0.05) is 49.4 Å². The van der Waals surface area contributed by atoms with Crippen LogP contribution in [0.4, 0.5) is 26.7 Å². The predicted octanol–water partition coefficient (Wildman–Crippen LogP) is 5.82. The number of amides is 3. The first kappa shape index (κ1) is 30.9. The molecule has 2 unspecified atom stereocenters. The predicted molar refractivity (Wildman–Crippen MR) is 171 cm³/mol. The van der Waals surface area contributed by atoms with Gasteiger partial charge < -0.3 is 29.9 Å². The van der Waals surface area contributed by atoms with E-state index in [4.69, 9.17) is 9.47 Å². The molecular weight excluding hydrogens is 558 g/mol. The quantitative estimate of drug-likeness (QED) is 0.299. The van der Waals surface area contributed by atoms with E-state index in [0.717, 1.165) is 49.4 Å². The van der Waals surface area contributed by atoms with Crippen molar-refractivity contribution in [3.05, 3.63) is 89.5 Å². The van der Waals surface area contributed by atoms with Gasteiger partial charge in [-0.3, -0.25) is 10.1 Å². The maximum atomic E-state index is 13.3. The van der Waals surface area contributed by atoms with Gasteiger partial charge in [-0.15, -0.1) is 0 Å². The van der Waals surface area contributed by atoms with Gasteiger partial charge in [0.15, 0.2) is 0 Å². The zero-order valence-corrected chi connectivity index (χ0v) is 25.8. The van der Waals surface area contributed by atoms with Crippen LogP contribution in [-0.2, 0) is 16.1 Å². The van der Waals surface area contributed by atoms with Crippen molar-refractivity contribution in [3.63, 3.8) is 0 Å². The van der Waals surface area contributed by atoms with E-state index >= 15 is 0 Å². The van der Waals surface area contributed by atoms with Crippen molar-refractivity contribution in [2.24, 2.45) is 0 Å². The number of hydrogen-bond acceptors (Lipinski definition) is 7. The van der Waals surface area contributed by atoms with Crippen LogP contribution in [0, 0.1) is 0 Å². The molecule has 3 aromatic rings. The molecule has 10 heteroatoms. The maximum Gasteiger partial charge on any atom is 0.412 e. The summed E-state index contributed by atoms with van der Waals surface area (Å²) in [4.78, 5) is 42.5. The van der Waals surface area contributed by atoms with Crippen LogP contribution in [0.1, 0.15) is 54.6 Å². The Kier molecular flexibility index (Phi) is 9.39. The van der Waals surface area contributed by atoms with Crippen molar-refractivity contribution in [2.75, 3.05) is 48.8 Å². The zero-order chi connectivity index (χ0) is 31.3. The van der Waals surface area contributed by atoms with Crippen LogP contribution in [0.15, 0.2) is 72.8 Å². The minimum absolute atomic E-state index is 0.0426. The standard InChI is InChI=1S/C34H41N5O5/c1-34(2,3)44-33(42)37-29-21-27(29)24-10-13-26(14-11-24)35-31(40)25-12-15-28(30(20-25)39-18-16-38(4)17-19-39)36-32(41)43-22-23-8-6-5-7-9-23/h5-15,20,27,29H,16-19,21-22H2,1-4H3,(H,35,40)(H,36,41)(H,37,42). The van der Waals surface area contributed by atoms with Gasteiger partial charge in [0.1, 0.15) is 12.2 Å². The molecular formula is C34H41N5O5. The fourth-order valence-electron chi connectivity index (χ4n) is 5.16. The number of rotatable bonds is 8. The lowest BCUT2D eigenvalue weighted by molar-refractivity contribution is 0.0522. The summed E-state index contributed by atoms with van der Waals surface area (Å²) in [5, 5.41) is 8.78. The minimum Gasteiger partial charge on any atom is -0.444 e. The highest BCUT2D eigenvalue weighted by molar-refractivity contribution is 6.06. The van der Waals surface area contributed by atoms with Gasteiger partial charge in [-0.1, -0.05) is 42.5 Å². The van der Waals surface area contributed by atoms with Crippen LogP contribution < -0.4 is 20.9 Å². The highest BCUT2D eigenvalue weighted by Crippen LogP contribution is 2.41. The van der Waals surface area contributed by atoms with E-state index in [9.17, 15) is 14.4 Å². The number of ether oxygens (including phenoxy) is 2. The second kappa shape index (κ2) is 13.4. The lowest BCUT2D eigenvalue weighted by Gasteiger charge is -2.35. The molecule has 1 saturated heterocycles. The number of piperazine rings is 1. The van der Waals surface area contributed by atoms with Crippen molar-refractivity contribution in [1.29, 1.82) is 0 Å².